The normalized spacial score (nSPS) is 11.6. The predicted octanol–water partition coefficient (Wildman–Crippen LogP) is 7.31. The summed E-state index contributed by atoms with van der Waals surface area (Å²) in [4.78, 5) is 18.5. The van der Waals surface area contributed by atoms with Crippen LogP contribution in [-0.2, 0) is 17.7 Å². The number of hydrogen-bond acceptors (Lipinski definition) is 4. The average Bonchev–Trinajstić information content (AvgIpc) is 3.36. The molecule has 0 aliphatic carbocycles. The molecule has 0 N–H and O–H groups in total. The molecular weight excluding hydrogens is 440 g/mol. The minimum atomic E-state index is -0.346. The lowest BCUT2D eigenvalue weighted by Crippen LogP contribution is -2.02. The first kappa shape index (κ1) is 22.1. The van der Waals surface area contributed by atoms with Crippen molar-refractivity contribution >= 4 is 50.3 Å². The van der Waals surface area contributed by atoms with Gasteiger partial charge in [-0.2, -0.15) is 0 Å². The summed E-state index contributed by atoms with van der Waals surface area (Å²) in [6.07, 6.45) is 2.61. The van der Waals surface area contributed by atoms with Gasteiger partial charge in [-0.15, -0.1) is 11.3 Å². The zero-order valence-electron chi connectivity index (χ0n) is 19.5. The van der Waals surface area contributed by atoms with Gasteiger partial charge in [0.1, 0.15) is 5.00 Å². The summed E-state index contributed by atoms with van der Waals surface area (Å²) in [5.41, 5.74) is 6.15. The second-order valence-corrected chi connectivity index (χ2v) is 9.36. The van der Waals surface area contributed by atoms with E-state index in [1.54, 1.807) is 11.3 Å². The SMILES string of the molecule is CCn1c2ccccc2c2cc(C=Nc3sc(Cc4ccccc4)c(C)c3C(=O)OC)ccc21. The number of aromatic nitrogens is 1. The number of methoxy groups -OCH3 is 1. The van der Waals surface area contributed by atoms with Crippen LogP contribution in [0.25, 0.3) is 21.8 Å². The third kappa shape index (κ3) is 3.93. The Bertz CT molecular complexity index is 1530. The predicted molar refractivity (Wildman–Crippen MR) is 142 cm³/mol. The molecule has 0 bridgehead atoms. The summed E-state index contributed by atoms with van der Waals surface area (Å²) in [5.74, 6) is -0.346. The first-order chi connectivity index (χ1) is 16.6. The van der Waals surface area contributed by atoms with Crippen molar-refractivity contribution < 1.29 is 9.53 Å². The van der Waals surface area contributed by atoms with Gasteiger partial charge in [0.15, 0.2) is 0 Å². The fraction of sp³-hybridized carbons (Fsp3) is 0.172. The molecule has 2 aromatic heterocycles. The molecule has 5 rings (SSSR count). The summed E-state index contributed by atoms with van der Waals surface area (Å²) in [6, 6.07) is 25.2. The third-order valence-electron chi connectivity index (χ3n) is 6.27. The van der Waals surface area contributed by atoms with Gasteiger partial charge in [-0.05, 0) is 48.7 Å². The highest BCUT2D eigenvalue weighted by atomic mass is 32.1. The molecule has 0 unspecified atom stereocenters. The Morgan fingerprint density at radius 1 is 1.00 bits per heavy atom. The van der Waals surface area contributed by atoms with Crippen LogP contribution in [0.5, 0.6) is 0 Å². The lowest BCUT2D eigenvalue weighted by Gasteiger charge is -2.03. The minimum absolute atomic E-state index is 0.346. The maximum Gasteiger partial charge on any atom is 0.341 e. The van der Waals surface area contributed by atoms with Crippen molar-refractivity contribution in [2.45, 2.75) is 26.8 Å². The van der Waals surface area contributed by atoms with E-state index in [0.29, 0.717) is 10.6 Å². The molecule has 5 aromatic rings. The Hall–Kier alpha value is -3.70. The van der Waals surface area contributed by atoms with Gasteiger partial charge in [0.2, 0.25) is 0 Å². The first-order valence-corrected chi connectivity index (χ1v) is 12.2. The minimum Gasteiger partial charge on any atom is -0.465 e. The van der Waals surface area contributed by atoms with Crippen LogP contribution in [0.4, 0.5) is 5.00 Å². The second-order valence-electron chi connectivity index (χ2n) is 8.28. The molecule has 34 heavy (non-hydrogen) atoms. The van der Waals surface area contributed by atoms with Crippen molar-refractivity contribution in [2.24, 2.45) is 4.99 Å². The van der Waals surface area contributed by atoms with Crippen molar-refractivity contribution in [2.75, 3.05) is 7.11 Å². The fourth-order valence-electron chi connectivity index (χ4n) is 4.55. The smallest absolute Gasteiger partial charge is 0.341 e. The molecule has 0 radical (unpaired) electrons. The number of carbonyl (C=O) groups is 1. The van der Waals surface area contributed by atoms with Gasteiger partial charge >= 0.3 is 5.97 Å². The fourth-order valence-corrected chi connectivity index (χ4v) is 5.72. The van der Waals surface area contributed by atoms with E-state index in [2.05, 4.69) is 66.1 Å². The number of hydrogen-bond donors (Lipinski definition) is 0. The number of benzene rings is 3. The Morgan fingerprint density at radius 2 is 1.74 bits per heavy atom. The van der Waals surface area contributed by atoms with E-state index in [0.717, 1.165) is 29.0 Å². The van der Waals surface area contributed by atoms with Gasteiger partial charge in [0.05, 0.1) is 12.7 Å². The van der Waals surface area contributed by atoms with Crippen LogP contribution in [0.15, 0.2) is 77.8 Å². The zero-order chi connectivity index (χ0) is 23.7. The number of fused-ring (bicyclic) bond motifs is 3. The highest BCUT2D eigenvalue weighted by molar-refractivity contribution is 7.16. The quantitative estimate of drug-likeness (QED) is 0.194. The topological polar surface area (TPSA) is 43.6 Å². The highest BCUT2D eigenvalue weighted by Crippen LogP contribution is 2.37. The number of nitrogens with zero attached hydrogens (tertiary/aromatic N) is 2. The number of thiophene rings is 1. The van der Waals surface area contributed by atoms with E-state index in [1.165, 1.54) is 34.5 Å². The first-order valence-electron chi connectivity index (χ1n) is 11.4. The highest BCUT2D eigenvalue weighted by Gasteiger charge is 2.21. The Balaban J connectivity index is 1.55. The maximum atomic E-state index is 12.6. The van der Waals surface area contributed by atoms with E-state index in [9.17, 15) is 4.79 Å². The molecule has 5 heteroatoms. The summed E-state index contributed by atoms with van der Waals surface area (Å²) in [7, 11) is 1.42. The molecule has 0 amide bonds. The molecule has 0 spiro atoms. The second kappa shape index (κ2) is 9.27. The molecule has 3 aromatic carbocycles. The van der Waals surface area contributed by atoms with Gasteiger partial charge in [0.25, 0.3) is 0 Å². The van der Waals surface area contributed by atoms with E-state index in [4.69, 9.17) is 9.73 Å². The molecule has 0 saturated heterocycles. The number of ether oxygens (including phenoxy) is 1. The molecule has 0 aliphatic heterocycles. The summed E-state index contributed by atoms with van der Waals surface area (Å²) in [5, 5.41) is 3.13. The number of rotatable bonds is 6. The van der Waals surface area contributed by atoms with Gasteiger partial charge in [-0.25, -0.2) is 9.79 Å². The summed E-state index contributed by atoms with van der Waals surface area (Å²) >= 11 is 1.55. The van der Waals surface area contributed by atoms with Crippen LogP contribution >= 0.6 is 11.3 Å². The van der Waals surface area contributed by atoms with Crippen LogP contribution in [0, 0.1) is 6.92 Å². The summed E-state index contributed by atoms with van der Waals surface area (Å²) in [6.45, 7) is 5.06. The Morgan fingerprint density at radius 3 is 2.50 bits per heavy atom. The Labute approximate surface area is 203 Å². The molecule has 4 nitrogen and oxygen atoms in total. The van der Waals surface area contributed by atoms with Crippen molar-refractivity contribution in [1.29, 1.82) is 0 Å². The lowest BCUT2D eigenvalue weighted by molar-refractivity contribution is 0.0601. The van der Waals surface area contributed by atoms with Gasteiger partial charge in [0, 0.05) is 45.9 Å². The standard InChI is InChI=1S/C29H26N2O2S/c1-4-31-24-13-9-8-12-22(24)23-16-21(14-15-25(23)31)18-30-28-27(29(32)33-3)19(2)26(34-28)17-20-10-6-5-7-11-20/h5-16,18H,4,17H2,1-3H3. The number of carbonyl (C=O) groups excluding carboxylic acids is 1. The van der Waals surface area contributed by atoms with Crippen molar-refractivity contribution in [1.82, 2.24) is 4.57 Å². The molecule has 0 fully saturated rings. The monoisotopic (exact) mass is 466 g/mol. The lowest BCUT2D eigenvalue weighted by atomic mass is 10.1. The number of para-hydroxylation sites is 1. The molecule has 0 saturated carbocycles. The van der Waals surface area contributed by atoms with Crippen LogP contribution in [0.2, 0.25) is 0 Å². The van der Waals surface area contributed by atoms with Gasteiger partial charge in [-0.1, -0.05) is 54.6 Å². The molecule has 2 heterocycles. The summed E-state index contributed by atoms with van der Waals surface area (Å²) < 4.78 is 7.42. The van der Waals surface area contributed by atoms with Crippen molar-refractivity contribution in [3.05, 3.63) is 99.9 Å². The van der Waals surface area contributed by atoms with Crippen LogP contribution in [-0.4, -0.2) is 23.9 Å². The average molecular weight is 467 g/mol. The Kier molecular flexibility index (Phi) is 6.03. The van der Waals surface area contributed by atoms with E-state index >= 15 is 0 Å². The number of esters is 1. The largest absolute Gasteiger partial charge is 0.465 e. The van der Waals surface area contributed by atoms with E-state index < -0.39 is 0 Å². The molecule has 0 atom stereocenters. The van der Waals surface area contributed by atoms with Gasteiger partial charge < -0.3 is 9.30 Å². The van der Waals surface area contributed by atoms with E-state index in [-0.39, 0.29) is 5.97 Å². The van der Waals surface area contributed by atoms with Crippen molar-refractivity contribution in [3.8, 4) is 0 Å². The van der Waals surface area contributed by atoms with Crippen molar-refractivity contribution in [3.63, 3.8) is 0 Å². The maximum absolute atomic E-state index is 12.6. The molecular formula is C29H26N2O2S. The van der Waals surface area contributed by atoms with Crippen LogP contribution < -0.4 is 0 Å². The third-order valence-corrected chi connectivity index (χ3v) is 7.47. The molecule has 0 aliphatic rings. The zero-order valence-corrected chi connectivity index (χ0v) is 20.4. The molecule has 170 valence electrons. The number of aliphatic imine (C=N–C) groups is 1. The van der Waals surface area contributed by atoms with Gasteiger partial charge in [-0.3, -0.25) is 0 Å². The van der Waals surface area contributed by atoms with Crippen LogP contribution in [0.3, 0.4) is 0 Å². The number of aryl methyl sites for hydroxylation is 1. The van der Waals surface area contributed by atoms with E-state index in [1.807, 2.05) is 31.3 Å². The van der Waals surface area contributed by atoms with Crippen LogP contribution in [0.1, 0.15) is 38.8 Å².